The van der Waals surface area contributed by atoms with Crippen LogP contribution in [0.5, 0.6) is 23.0 Å². The number of benzene rings is 4. The fourth-order valence-corrected chi connectivity index (χ4v) is 17.7. The van der Waals surface area contributed by atoms with Crippen molar-refractivity contribution in [3.8, 4) is 23.0 Å². The van der Waals surface area contributed by atoms with E-state index < -0.39 is 90.0 Å². The Labute approximate surface area is 822 Å². The number of nitrogens with one attached hydrogen (secondary N) is 6. The maximum atomic E-state index is 13.3. The molecule has 8 aliphatic rings. The summed E-state index contributed by atoms with van der Waals surface area (Å²) in [6.45, 7) is 13.7. The summed E-state index contributed by atoms with van der Waals surface area (Å²) in [7, 11) is 6.57. The number of hydrogen-bond donors (Lipinski definition) is 9. The fraction of sp³-hybridized carbons (Fsp3) is 0.510. The summed E-state index contributed by atoms with van der Waals surface area (Å²) in [5.41, 5.74) is 8.75. The van der Waals surface area contributed by atoms with Crippen molar-refractivity contribution >= 4 is 135 Å². The van der Waals surface area contributed by atoms with Crippen LogP contribution in [0, 0.1) is 0 Å². The highest BCUT2D eigenvalue weighted by atomic mass is 19.4. The molecule has 774 valence electrons. The van der Waals surface area contributed by atoms with Gasteiger partial charge < -0.3 is 94.4 Å². The van der Waals surface area contributed by atoms with Crippen LogP contribution in [-0.2, 0) is 71.6 Å². The normalized spacial score (nSPS) is 17.9. The number of carboxylic acids is 2. The van der Waals surface area contributed by atoms with E-state index in [0.29, 0.717) is 174 Å². The number of piperidine rings is 2. The molecule has 2 spiro atoms. The summed E-state index contributed by atoms with van der Waals surface area (Å²) < 4.78 is 88.0. The van der Waals surface area contributed by atoms with Gasteiger partial charge in [-0.1, -0.05) is 33.4 Å². The zero-order valence-electron chi connectivity index (χ0n) is 79.8. The van der Waals surface area contributed by atoms with E-state index in [-0.39, 0.29) is 121 Å². The predicted molar refractivity (Wildman–Crippen MR) is 510 cm³/mol. The van der Waals surface area contributed by atoms with Gasteiger partial charge in [0.2, 0.25) is 35.5 Å². The predicted octanol–water partition coefficient (Wildman–Crippen LogP) is 6.90. The lowest BCUT2D eigenvalue weighted by molar-refractivity contribution is -0.192. The number of aromatic carboxylic acids is 1. The van der Waals surface area contributed by atoms with Gasteiger partial charge in [0.1, 0.15) is 53.1 Å². The van der Waals surface area contributed by atoms with Crippen LogP contribution < -0.4 is 75.3 Å². The van der Waals surface area contributed by atoms with Crippen LogP contribution in [0.3, 0.4) is 0 Å². The molecule has 10 N–H and O–H groups in total. The Morgan fingerprint density at radius 2 is 0.909 bits per heavy atom. The Bertz CT molecular complexity index is 5590. The highest BCUT2D eigenvalue weighted by molar-refractivity contribution is 6.26. The van der Waals surface area contributed by atoms with Gasteiger partial charge in [-0.2, -0.15) is 23.1 Å². The Morgan fingerprint density at radius 3 is 1.31 bits per heavy atom. The van der Waals surface area contributed by atoms with E-state index in [9.17, 15) is 85.4 Å². The summed E-state index contributed by atoms with van der Waals surface area (Å²) in [4.78, 5) is 208. The largest absolute Gasteiger partial charge is 0.495 e. The molecule has 44 nitrogen and oxygen atoms in total. The number of ether oxygens (including phenoxy) is 10. The molecule has 6 aromatic rings. The average molecular weight is 2010 g/mol. The van der Waals surface area contributed by atoms with Crippen molar-refractivity contribution in [2.24, 2.45) is 5.73 Å². The first kappa shape index (κ1) is 111. The van der Waals surface area contributed by atoms with E-state index in [0.717, 1.165) is 104 Å². The molecule has 12 amide bonds. The number of nitrogens with zero attached hydrogens (tertiary/aromatic N) is 10. The van der Waals surface area contributed by atoms with Crippen molar-refractivity contribution < 1.29 is 143 Å². The second-order valence-electron chi connectivity index (χ2n) is 34.0. The highest BCUT2D eigenvalue weighted by Crippen LogP contribution is 2.47. The minimum Gasteiger partial charge on any atom is -0.495 e. The summed E-state index contributed by atoms with van der Waals surface area (Å²) in [6.07, 6.45) is 7.66. The van der Waals surface area contributed by atoms with Crippen LogP contribution in [0.4, 0.5) is 59.5 Å². The standard InChI is InChI=1S/C46H57N9O12.C26H35N3O9.C21H25N5O4.C2HF3O2.CH4/c1-4-34-44(61)53(2)33-27-49-46(52-40(33)55(34)18-5-6-19-55)50-31-13-12-29(26-36(31)63-3)41(58)48-17-9-21-65-23-25-66-24-22-64-20-8-16-47-38(57)28-67-35-11-7-10-30-39(35)45(62)54(43(30)60)32-14-15-37(56)51-42(32)59;27-10-4-12-36-14-16-37-15-13-35-11-2-1-5-18(30)17-38-21-7-3-6-19-23(21)26(34)29(25(19)33)20-8-9-22(31)28-24(20)32;1-4-16-19(27)25(2)15-12-22-21(24-18(15)26(16)9-5-6-10-26)23-14-8-7-13(20(28)29)11-17(14)30-3;3-2(4,5)1(6)7;/h7,10-13,26-27,32,34H,4-6,8-9,14-25,28H2,1-3H3,(H3-,47,48,49,50,51,52,56,57,58,59);3,6-7,20H,1-2,4-5,8-17,27H2,(H,28,31,32);7-8,11-12,16H,4-6,9-10H2,1-3H3,(H-,22,23,24,28,29);(H,6,7);1H4/p+2/t32?,34-;;16-;;/m1.1../s1. The molecule has 0 saturated carbocycles. The van der Waals surface area contributed by atoms with Crippen LogP contribution in [0.1, 0.15) is 186 Å². The fourth-order valence-electron chi connectivity index (χ4n) is 17.7. The molecule has 4 fully saturated rings. The number of methoxy groups -OCH3 is 2. The Hall–Kier alpha value is -13.7. The number of hydrogen-bond acceptors (Lipinski definition) is 32. The number of likely N-dealkylation sites (N-methyl/N-ethyl adjacent to an activating group) is 2. The topological polar surface area (TPSA) is 552 Å². The summed E-state index contributed by atoms with van der Waals surface area (Å²) in [5.74, 6) is -5.92. The summed E-state index contributed by atoms with van der Waals surface area (Å²) >= 11 is 0. The number of quaternary nitrogens is 2. The lowest BCUT2D eigenvalue weighted by atomic mass is 10.0. The van der Waals surface area contributed by atoms with Crippen LogP contribution in [0.15, 0.2) is 85.2 Å². The minimum absolute atomic E-state index is 0. The molecule has 143 heavy (non-hydrogen) atoms. The first-order valence-corrected chi connectivity index (χ1v) is 46.9. The van der Waals surface area contributed by atoms with E-state index in [1.165, 1.54) is 56.7 Å². The lowest BCUT2D eigenvalue weighted by Gasteiger charge is -2.45. The van der Waals surface area contributed by atoms with Gasteiger partial charge in [0.05, 0.1) is 145 Å². The first-order chi connectivity index (χ1) is 68.3. The van der Waals surface area contributed by atoms with Crippen LogP contribution in [0.25, 0.3) is 0 Å². The Morgan fingerprint density at radius 1 is 0.510 bits per heavy atom. The molecular formula is C96H124F3N17O27+2. The molecule has 0 aliphatic carbocycles. The van der Waals surface area contributed by atoms with Crippen LogP contribution in [-0.4, -0.2) is 326 Å². The second-order valence-corrected chi connectivity index (χ2v) is 34.0. The van der Waals surface area contributed by atoms with Crippen molar-refractivity contribution in [1.82, 2.24) is 60.0 Å². The molecule has 4 saturated heterocycles. The second kappa shape index (κ2) is 52.9. The van der Waals surface area contributed by atoms with E-state index in [1.807, 2.05) is 0 Å². The van der Waals surface area contributed by atoms with Gasteiger partial charge in [-0.15, -0.1) is 0 Å². The maximum Gasteiger partial charge on any atom is 0.490 e. The lowest BCUT2D eigenvalue weighted by Crippen LogP contribution is -2.64. The number of fused-ring (bicyclic) bond motifs is 6. The number of aromatic nitrogens is 4. The molecule has 47 heteroatoms. The average Bonchev–Trinajstić information content (AvgIpc) is 1.73. The Kier molecular flexibility index (Phi) is 41.2. The third-order valence-electron chi connectivity index (χ3n) is 24.8. The number of halogens is 3. The number of unbranched alkanes of at least 4 members (excludes halogenated alkanes) is 1. The van der Waals surface area contributed by atoms with Crippen molar-refractivity contribution in [2.75, 3.05) is 187 Å². The SMILES string of the molecule is C.CC[C@@H]1C(=O)N(C)c2cnc(Nc3ccc(C(=O)NCCCOCCOCCOCCCNC(=O)COc4cccc5c4C(=O)N(C4CCC(=O)NC4=O)C5=O)cc3OC)nc2[N+]12CCCC2.CC[C@@H]1C(=O)N(C)c2cnc(Nc3ccc(C(=O)O)cc3OC)nc2[N+]12CCCC2.NCCCOCCOCCOCCCCC(=O)COc1cccc2c1C(=O)N(C1CCC(=O)NC1=O)C2=O.O=C(O)C(F)(F)F. The van der Waals surface area contributed by atoms with Gasteiger partial charge in [-0.3, -0.25) is 91.7 Å². The van der Waals surface area contributed by atoms with Gasteiger partial charge in [-0.05, 0) is 112 Å². The number of anilines is 6. The molecule has 4 aromatic carbocycles. The number of amides is 12. The minimum atomic E-state index is -5.08. The summed E-state index contributed by atoms with van der Waals surface area (Å²) in [6, 6.07) is 16.2. The molecular weight excluding hydrogens is 1880 g/mol. The molecule has 0 bridgehead atoms. The zero-order valence-corrected chi connectivity index (χ0v) is 79.8. The van der Waals surface area contributed by atoms with E-state index in [4.69, 9.17) is 73.0 Å². The Balaban J connectivity index is 0.000000232. The maximum absolute atomic E-state index is 13.3. The van der Waals surface area contributed by atoms with E-state index >= 15 is 0 Å². The van der Waals surface area contributed by atoms with Gasteiger partial charge in [-0.25, -0.2) is 19.6 Å². The number of alkyl halides is 3. The van der Waals surface area contributed by atoms with Crippen molar-refractivity contribution in [3.05, 3.63) is 119 Å². The third kappa shape index (κ3) is 27.8. The number of aliphatic carboxylic acids is 1. The summed E-state index contributed by atoms with van der Waals surface area (Å²) in [5, 5.41) is 32.7. The number of imide groups is 4. The van der Waals surface area contributed by atoms with Crippen molar-refractivity contribution in [2.45, 2.75) is 154 Å². The van der Waals surface area contributed by atoms with Gasteiger partial charge >= 0.3 is 18.1 Å². The van der Waals surface area contributed by atoms with Gasteiger partial charge in [0, 0.05) is 117 Å². The van der Waals surface area contributed by atoms with E-state index in [2.05, 4.69) is 55.7 Å². The number of rotatable bonds is 46. The van der Waals surface area contributed by atoms with Crippen LogP contribution >= 0.6 is 0 Å². The smallest absolute Gasteiger partial charge is 0.490 e. The number of Topliss-reactive ketones (excluding diaryl/α,β-unsaturated/α-hetero) is 1. The number of nitrogens with two attached hydrogens (primary N) is 1. The monoisotopic (exact) mass is 2000 g/mol. The molecule has 0 radical (unpaired) electrons. The molecule has 4 atom stereocenters. The molecule has 10 heterocycles. The highest BCUT2D eigenvalue weighted by Gasteiger charge is 2.56. The number of carbonyl (C=O) groups is 15. The first-order valence-electron chi connectivity index (χ1n) is 46.9. The number of carbonyl (C=O) groups excluding carboxylic acids is 13. The molecule has 8 aliphatic heterocycles. The van der Waals surface area contributed by atoms with Gasteiger partial charge in [0.15, 0.2) is 24.5 Å². The number of ketones is 1. The number of carboxylic acid groups (broad SMARTS) is 2. The van der Waals surface area contributed by atoms with E-state index in [1.54, 1.807) is 66.6 Å². The quantitative estimate of drug-likeness (QED) is 0.0107. The third-order valence-corrected chi connectivity index (χ3v) is 24.8. The van der Waals surface area contributed by atoms with Crippen LogP contribution in [0.2, 0.25) is 0 Å². The molecule has 2 aromatic heterocycles. The molecule has 2 unspecified atom stereocenters. The van der Waals surface area contributed by atoms with Crippen molar-refractivity contribution in [1.29, 1.82) is 0 Å². The zero-order chi connectivity index (χ0) is 102. The molecule has 14 rings (SSSR count). The van der Waals surface area contributed by atoms with Gasteiger partial charge in [0.25, 0.3) is 58.9 Å². The van der Waals surface area contributed by atoms with Crippen molar-refractivity contribution in [3.63, 3.8) is 0 Å².